The Morgan fingerprint density at radius 3 is 1.52 bits per heavy atom. The first-order valence-corrected chi connectivity index (χ1v) is 13.3. The van der Waals surface area contributed by atoms with Crippen LogP contribution in [0.3, 0.4) is 0 Å². The molecule has 44 heavy (non-hydrogen) atoms. The van der Waals surface area contributed by atoms with Gasteiger partial charge in [0.1, 0.15) is 22.8 Å². The number of aliphatic hydroxyl groups is 1. The molecule has 0 aromatic heterocycles. The van der Waals surface area contributed by atoms with Gasteiger partial charge in [-0.05, 0) is 78.6 Å². The molecule has 0 fully saturated rings. The van der Waals surface area contributed by atoms with Gasteiger partial charge in [0.25, 0.3) is 11.4 Å². The third-order valence-electron chi connectivity index (χ3n) is 4.35. The number of aliphatic hydroxyl groups excluding tert-OH is 1. The normalized spacial score (nSPS) is 10.3. The predicted octanol–water partition coefficient (Wildman–Crippen LogP) is 6.15. The number of nitrogens with zero attached hydrogens (tertiary/aromatic N) is 2. The van der Waals surface area contributed by atoms with Crippen LogP contribution in [0.5, 0.6) is 5.75 Å². The van der Waals surface area contributed by atoms with Crippen molar-refractivity contribution in [3.8, 4) is 5.75 Å². The zero-order chi connectivity index (χ0) is 33.1. The summed E-state index contributed by atoms with van der Waals surface area (Å²) in [7, 11) is 0. The highest BCUT2D eigenvalue weighted by atomic mass is 19.1. The number of alkyl carbamates (subject to hydrolysis) is 2. The van der Waals surface area contributed by atoms with E-state index in [0.29, 0.717) is 38.3 Å². The van der Waals surface area contributed by atoms with E-state index in [1.54, 1.807) is 53.7 Å². The molecule has 0 atom stereocenters. The van der Waals surface area contributed by atoms with Crippen LogP contribution in [0, 0.1) is 26.0 Å². The average Bonchev–Trinajstić information content (AvgIpc) is 2.88. The van der Waals surface area contributed by atoms with Gasteiger partial charge in [0.2, 0.25) is 0 Å². The van der Waals surface area contributed by atoms with Crippen molar-refractivity contribution in [3.63, 3.8) is 0 Å². The molecule has 2 aromatic rings. The lowest BCUT2D eigenvalue weighted by molar-refractivity contribution is -0.385. The third kappa shape index (κ3) is 23.1. The Bertz CT molecular complexity index is 1130. The Kier molecular flexibility index (Phi) is 20.1. The monoisotopic (exact) mass is 628 g/mol. The molecule has 0 radical (unpaired) electrons. The summed E-state index contributed by atoms with van der Waals surface area (Å²) < 4.78 is 27.6. The van der Waals surface area contributed by atoms with Crippen molar-refractivity contribution in [3.05, 3.63) is 74.6 Å². The van der Waals surface area contributed by atoms with Crippen molar-refractivity contribution in [2.75, 3.05) is 26.3 Å². The third-order valence-corrected chi connectivity index (χ3v) is 4.35. The summed E-state index contributed by atoms with van der Waals surface area (Å²) in [4.78, 5) is 41.7. The van der Waals surface area contributed by atoms with Crippen molar-refractivity contribution in [1.29, 1.82) is 0 Å². The summed E-state index contributed by atoms with van der Waals surface area (Å²) in [5.41, 5.74) is -1.04. The second-order valence-corrected chi connectivity index (χ2v) is 10.6. The fraction of sp³-hybridized carbons (Fsp3) is 0.517. The van der Waals surface area contributed by atoms with E-state index < -0.39 is 39.1 Å². The Morgan fingerprint density at radius 1 is 0.773 bits per heavy atom. The van der Waals surface area contributed by atoms with E-state index >= 15 is 0 Å². The number of ether oxygens (including phenoxy) is 3. The van der Waals surface area contributed by atoms with Gasteiger partial charge >= 0.3 is 12.2 Å². The van der Waals surface area contributed by atoms with Crippen LogP contribution in [0.25, 0.3) is 0 Å². The predicted molar refractivity (Wildman–Crippen MR) is 163 cm³/mol. The van der Waals surface area contributed by atoms with Crippen LogP contribution in [-0.2, 0) is 9.47 Å². The van der Waals surface area contributed by atoms with Gasteiger partial charge in [0.15, 0.2) is 0 Å². The Labute approximate surface area is 257 Å². The smallest absolute Gasteiger partial charge is 0.407 e. The second kappa shape index (κ2) is 21.2. The Balaban J connectivity index is 0. The number of benzene rings is 2. The number of amides is 2. The minimum Gasteiger partial charge on any atom is -0.494 e. The molecule has 0 saturated heterocycles. The number of halogens is 1. The molecule has 15 heteroatoms. The van der Waals surface area contributed by atoms with Gasteiger partial charge in [0, 0.05) is 44.0 Å². The fourth-order valence-corrected chi connectivity index (χ4v) is 2.58. The molecule has 3 N–H and O–H groups in total. The van der Waals surface area contributed by atoms with Crippen LogP contribution in [0.15, 0.2) is 48.5 Å². The summed E-state index contributed by atoms with van der Waals surface area (Å²) in [5.74, 6) is 0.0865. The molecule has 0 aliphatic carbocycles. The standard InChI is InChI=1S/C14H20N2O5.C8H17NO3.C6H4FNO2.CH4/c1-14(2,3)21-13(17)15-9-4-10-20-12-7-5-11(6-8-12)16(18)19;1-8(2,3)12-7(11)9-5-4-6-10;7-5-1-3-6(4-2-5)8(9)10;/h5-8H,4,9-10H2,1-3H3,(H,15,17);10H,4-6H2,1-3H3,(H,9,11);1-4H;1H4. The van der Waals surface area contributed by atoms with Gasteiger partial charge in [-0.1, -0.05) is 7.43 Å². The number of carbonyl (C=O) groups is 2. The molecule has 14 nitrogen and oxygen atoms in total. The molecular weight excluding hydrogens is 583 g/mol. The molecule has 0 unspecified atom stereocenters. The van der Waals surface area contributed by atoms with E-state index in [4.69, 9.17) is 19.3 Å². The minimum absolute atomic E-state index is 0. The average molecular weight is 629 g/mol. The zero-order valence-electron chi connectivity index (χ0n) is 25.3. The van der Waals surface area contributed by atoms with E-state index in [2.05, 4.69) is 10.6 Å². The molecule has 0 heterocycles. The topological polar surface area (TPSA) is 192 Å². The molecular formula is C29H45FN4O10. The van der Waals surface area contributed by atoms with E-state index in [1.165, 1.54) is 12.1 Å². The van der Waals surface area contributed by atoms with Crippen LogP contribution in [0.4, 0.5) is 25.4 Å². The van der Waals surface area contributed by atoms with Gasteiger partial charge in [-0.25, -0.2) is 14.0 Å². The first-order chi connectivity index (χ1) is 19.9. The lowest BCUT2D eigenvalue weighted by Crippen LogP contribution is -2.33. The maximum absolute atomic E-state index is 12.1. The van der Waals surface area contributed by atoms with E-state index in [0.717, 1.165) is 24.3 Å². The molecule has 2 rings (SSSR count). The van der Waals surface area contributed by atoms with E-state index in [1.807, 2.05) is 0 Å². The van der Waals surface area contributed by atoms with Gasteiger partial charge in [-0.3, -0.25) is 20.2 Å². The van der Waals surface area contributed by atoms with Crippen molar-refractivity contribution in [1.82, 2.24) is 10.6 Å². The maximum Gasteiger partial charge on any atom is 0.407 e. The van der Waals surface area contributed by atoms with Crippen molar-refractivity contribution >= 4 is 23.6 Å². The number of non-ortho nitro benzene ring substituents is 2. The zero-order valence-corrected chi connectivity index (χ0v) is 25.3. The summed E-state index contributed by atoms with van der Waals surface area (Å²) in [5, 5.41) is 34.0. The van der Waals surface area contributed by atoms with Crippen LogP contribution in [0.2, 0.25) is 0 Å². The highest BCUT2D eigenvalue weighted by Crippen LogP contribution is 2.17. The Hall–Kier alpha value is -4.53. The lowest BCUT2D eigenvalue weighted by atomic mass is 10.2. The number of nitrogens with one attached hydrogen (secondary N) is 2. The first kappa shape index (κ1) is 41.6. The number of nitro benzene ring substituents is 2. The summed E-state index contributed by atoms with van der Waals surface area (Å²) in [6, 6.07) is 10.2. The Morgan fingerprint density at radius 2 is 1.16 bits per heavy atom. The number of nitro groups is 2. The van der Waals surface area contributed by atoms with Crippen molar-refractivity contribution < 1.29 is 43.1 Å². The first-order valence-electron chi connectivity index (χ1n) is 13.3. The van der Waals surface area contributed by atoms with Crippen molar-refractivity contribution in [2.45, 2.75) is 73.0 Å². The van der Waals surface area contributed by atoms with Gasteiger partial charge in [-0.15, -0.1) is 0 Å². The molecule has 248 valence electrons. The van der Waals surface area contributed by atoms with Crippen LogP contribution >= 0.6 is 0 Å². The molecule has 0 aliphatic heterocycles. The SMILES string of the molecule is C.CC(C)(C)OC(=O)NCCCO.CC(C)(C)OC(=O)NCCCOc1ccc([N+](=O)[O-])cc1.O=[N+]([O-])c1ccc(F)cc1. The molecule has 2 amide bonds. The molecule has 2 aromatic carbocycles. The molecule has 0 spiro atoms. The highest BCUT2D eigenvalue weighted by Gasteiger charge is 2.16. The molecule has 0 saturated carbocycles. The van der Waals surface area contributed by atoms with Crippen molar-refractivity contribution in [2.24, 2.45) is 0 Å². The lowest BCUT2D eigenvalue weighted by Gasteiger charge is -2.19. The summed E-state index contributed by atoms with van der Waals surface area (Å²) in [6.45, 7) is 12.2. The van der Waals surface area contributed by atoms with E-state index in [9.17, 15) is 34.2 Å². The van der Waals surface area contributed by atoms with Gasteiger partial charge in [0.05, 0.1) is 16.5 Å². The van der Waals surface area contributed by atoms with Crippen LogP contribution < -0.4 is 15.4 Å². The van der Waals surface area contributed by atoms with Crippen LogP contribution in [-0.4, -0.2) is 64.6 Å². The summed E-state index contributed by atoms with van der Waals surface area (Å²) >= 11 is 0. The number of hydrogen-bond donors (Lipinski definition) is 3. The maximum atomic E-state index is 12.1. The van der Waals surface area contributed by atoms with Crippen LogP contribution in [0.1, 0.15) is 61.8 Å². The van der Waals surface area contributed by atoms with Gasteiger partial charge in [-0.2, -0.15) is 0 Å². The van der Waals surface area contributed by atoms with Gasteiger partial charge < -0.3 is 30.0 Å². The molecule has 0 bridgehead atoms. The number of hydrogen-bond acceptors (Lipinski definition) is 10. The second-order valence-electron chi connectivity index (χ2n) is 10.6. The minimum atomic E-state index is -0.570. The largest absolute Gasteiger partial charge is 0.494 e. The highest BCUT2D eigenvalue weighted by molar-refractivity contribution is 5.67. The quantitative estimate of drug-likeness (QED) is 0.156. The molecule has 0 aliphatic rings. The van der Waals surface area contributed by atoms with E-state index in [-0.39, 0.29) is 25.4 Å². The number of carbonyl (C=O) groups excluding carboxylic acids is 2. The fourth-order valence-electron chi connectivity index (χ4n) is 2.58. The number of rotatable bonds is 10. The summed E-state index contributed by atoms with van der Waals surface area (Å²) in [6.07, 6.45) is 0.268.